The number of aryl methyl sites for hydroxylation is 1. The molecule has 1 aromatic heterocycles. The maximum atomic E-state index is 12.5. The second kappa shape index (κ2) is 6.68. The zero-order valence-corrected chi connectivity index (χ0v) is 13.8. The zero-order valence-electron chi connectivity index (χ0n) is 13.0. The van der Waals surface area contributed by atoms with Crippen molar-refractivity contribution in [1.29, 1.82) is 0 Å². The zero-order chi connectivity index (χ0) is 18.1. The predicted octanol–water partition coefficient (Wildman–Crippen LogP) is 2.32. The number of rotatable bonds is 5. The van der Waals surface area contributed by atoms with Gasteiger partial charge in [0.15, 0.2) is 0 Å². The Labute approximate surface area is 142 Å². The van der Waals surface area contributed by atoms with Crippen LogP contribution in [0.2, 0.25) is 0 Å². The van der Waals surface area contributed by atoms with Gasteiger partial charge in [-0.15, -0.1) is 13.2 Å². The summed E-state index contributed by atoms with van der Waals surface area (Å²) in [6.07, 6.45) is 0.0231. The maximum Gasteiger partial charge on any atom is 0.573 e. The number of nitrogens with zero attached hydrogens (tertiary/aromatic N) is 2. The second-order valence-corrected chi connectivity index (χ2v) is 7.48. The molecule has 0 spiro atoms. The number of halogens is 3. The summed E-state index contributed by atoms with van der Waals surface area (Å²) in [7, 11) is -4.13. The van der Waals surface area contributed by atoms with Gasteiger partial charge in [-0.05, 0) is 24.5 Å². The number of nitrogens with one attached hydrogen (secondary N) is 1. The van der Waals surface area contributed by atoms with Crippen molar-refractivity contribution in [2.24, 2.45) is 5.92 Å². The Morgan fingerprint density at radius 2 is 2.08 bits per heavy atom. The first-order valence-electron chi connectivity index (χ1n) is 7.59. The van der Waals surface area contributed by atoms with E-state index in [4.69, 9.17) is 0 Å². The van der Waals surface area contributed by atoms with Crippen molar-refractivity contribution in [3.05, 3.63) is 42.5 Å². The van der Waals surface area contributed by atoms with Crippen molar-refractivity contribution in [3.63, 3.8) is 0 Å². The molecule has 0 fully saturated rings. The molecule has 1 unspecified atom stereocenters. The number of ether oxygens (including phenoxy) is 1. The Bertz CT molecular complexity index is 849. The summed E-state index contributed by atoms with van der Waals surface area (Å²) in [5.74, 6) is 0.234. The quantitative estimate of drug-likeness (QED) is 0.871. The van der Waals surface area contributed by atoms with Crippen molar-refractivity contribution >= 4 is 10.0 Å². The molecular formula is C15H16F3N3O3S. The van der Waals surface area contributed by atoms with Crippen LogP contribution in [0.3, 0.4) is 0 Å². The van der Waals surface area contributed by atoms with E-state index in [0.29, 0.717) is 6.54 Å². The standard InChI is InChI=1S/C15H16F3N3O3S/c16-15(17,18)24-12-3-1-2-4-13(12)25(22,23)20-9-11-5-6-14-19-7-8-21(14)10-11/h1-4,7-8,11,20H,5-6,9-10H2. The summed E-state index contributed by atoms with van der Waals surface area (Å²) in [4.78, 5) is 3.66. The minimum absolute atomic E-state index is 0.0344. The van der Waals surface area contributed by atoms with E-state index in [2.05, 4.69) is 14.4 Å². The van der Waals surface area contributed by atoms with Crippen LogP contribution in [-0.2, 0) is 23.0 Å². The summed E-state index contributed by atoms with van der Waals surface area (Å²) in [6, 6.07) is 4.68. The van der Waals surface area contributed by atoms with E-state index in [0.717, 1.165) is 30.8 Å². The van der Waals surface area contributed by atoms with E-state index in [1.165, 1.54) is 12.1 Å². The van der Waals surface area contributed by atoms with Crippen LogP contribution in [0.1, 0.15) is 12.2 Å². The van der Waals surface area contributed by atoms with Crippen LogP contribution in [0.25, 0.3) is 0 Å². The Hall–Kier alpha value is -2.07. The number of sulfonamides is 1. The average Bonchev–Trinajstić information content (AvgIpc) is 2.99. The predicted molar refractivity (Wildman–Crippen MR) is 82.4 cm³/mol. The van der Waals surface area contributed by atoms with Gasteiger partial charge in [-0.2, -0.15) is 0 Å². The molecule has 2 heterocycles. The van der Waals surface area contributed by atoms with Gasteiger partial charge in [0.1, 0.15) is 16.5 Å². The van der Waals surface area contributed by atoms with Gasteiger partial charge in [0.2, 0.25) is 10.0 Å². The minimum atomic E-state index is -4.97. The van der Waals surface area contributed by atoms with Gasteiger partial charge in [-0.3, -0.25) is 0 Å². The first kappa shape index (κ1) is 17.7. The number of fused-ring (bicyclic) bond motifs is 1. The number of benzene rings is 1. The molecular weight excluding hydrogens is 359 g/mol. The molecule has 10 heteroatoms. The molecule has 1 atom stereocenters. The number of alkyl halides is 3. The van der Waals surface area contributed by atoms with Crippen LogP contribution >= 0.6 is 0 Å². The van der Waals surface area contributed by atoms with E-state index in [-0.39, 0.29) is 12.5 Å². The number of aromatic nitrogens is 2. The number of hydrogen-bond acceptors (Lipinski definition) is 4. The van der Waals surface area contributed by atoms with Gasteiger partial charge in [-0.1, -0.05) is 12.1 Å². The SMILES string of the molecule is O=S(=O)(NCC1CCc2nccn2C1)c1ccccc1OC(F)(F)F. The Kier molecular flexibility index (Phi) is 4.74. The molecule has 136 valence electrons. The van der Waals surface area contributed by atoms with Crippen molar-refractivity contribution in [2.45, 2.75) is 30.6 Å². The van der Waals surface area contributed by atoms with Gasteiger partial charge in [-0.25, -0.2) is 18.1 Å². The summed E-state index contributed by atoms with van der Waals surface area (Å²) < 4.78 is 70.3. The molecule has 25 heavy (non-hydrogen) atoms. The molecule has 0 bridgehead atoms. The largest absolute Gasteiger partial charge is 0.573 e. The lowest BCUT2D eigenvalue weighted by Crippen LogP contribution is -2.34. The van der Waals surface area contributed by atoms with Gasteiger partial charge in [0.25, 0.3) is 0 Å². The van der Waals surface area contributed by atoms with Crippen LogP contribution in [-0.4, -0.2) is 30.9 Å². The third-order valence-electron chi connectivity index (χ3n) is 3.96. The molecule has 1 aromatic carbocycles. The molecule has 1 aliphatic rings. The van der Waals surface area contributed by atoms with Crippen LogP contribution in [0.15, 0.2) is 41.6 Å². The molecule has 1 aliphatic heterocycles. The third kappa shape index (κ3) is 4.31. The van der Waals surface area contributed by atoms with Crippen molar-refractivity contribution in [3.8, 4) is 5.75 Å². The van der Waals surface area contributed by atoms with Crippen LogP contribution in [0.4, 0.5) is 13.2 Å². The fraction of sp³-hybridized carbons (Fsp3) is 0.400. The average molecular weight is 375 g/mol. The second-order valence-electron chi connectivity index (χ2n) is 5.75. The Morgan fingerprint density at radius 1 is 1.32 bits per heavy atom. The monoisotopic (exact) mass is 375 g/mol. The number of imidazole rings is 1. The molecule has 0 amide bonds. The van der Waals surface area contributed by atoms with E-state index in [1.807, 2.05) is 10.8 Å². The summed E-state index contributed by atoms with van der Waals surface area (Å²) in [5.41, 5.74) is 0. The van der Waals surface area contributed by atoms with Crippen LogP contribution < -0.4 is 9.46 Å². The molecule has 0 saturated carbocycles. The highest BCUT2D eigenvalue weighted by atomic mass is 32.2. The smallest absolute Gasteiger partial charge is 0.404 e. The van der Waals surface area contributed by atoms with Crippen molar-refractivity contribution in [1.82, 2.24) is 14.3 Å². The third-order valence-corrected chi connectivity index (χ3v) is 5.42. The lowest BCUT2D eigenvalue weighted by molar-refractivity contribution is -0.275. The molecule has 1 N–H and O–H groups in total. The van der Waals surface area contributed by atoms with E-state index < -0.39 is 27.0 Å². The molecule has 3 rings (SSSR count). The highest BCUT2D eigenvalue weighted by molar-refractivity contribution is 7.89. The Balaban J connectivity index is 1.71. The number of para-hydroxylation sites is 1. The normalized spacial score (nSPS) is 18.0. The first-order chi connectivity index (χ1) is 11.7. The minimum Gasteiger partial charge on any atom is -0.404 e. The van der Waals surface area contributed by atoms with Crippen LogP contribution in [0.5, 0.6) is 5.75 Å². The van der Waals surface area contributed by atoms with E-state index in [1.54, 1.807) is 6.20 Å². The highest BCUT2D eigenvalue weighted by Gasteiger charge is 2.34. The highest BCUT2D eigenvalue weighted by Crippen LogP contribution is 2.29. The fourth-order valence-corrected chi connectivity index (χ4v) is 4.03. The number of hydrogen-bond donors (Lipinski definition) is 1. The van der Waals surface area contributed by atoms with E-state index in [9.17, 15) is 21.6 Å². The maximum absolute atomic E-state index is 12.5. The fourth-order valence-electron chi connectivity index (χ4n) is 2.79. The first-order valence-corrected chi connectivity index (χ1v) is 9.07. The van der Waals surface area contributed by atoms with E-state index >= 15 is 0 Å². The lowest BCUT2D eigenvalue weighted by atomic mass is 10.00. The Morgan fingerprint density at radius 3 is 2.84 bits per heavy atom. The molecule has 0 radical (unpaired) electrons. The van der Waals surface area contributed by atoms with Crippen LogP contribution in [0, 0.1) is 5.92 Å². The molecule has 2 aromatic rings. The van der Waals surface area contributed by atoms with Crippen molar-refractivity contribution in [2.75, 3.05) is 6.54 Å². The molecule has 0 aliphatic carbocycles. The summed E-state index contributed by atoms with van der Waals surface area (Å²) >= 11 is 0. The van der Waals surface area contributed by atoms with Gasteiger partial charge < -0.3 is 9.30 Å². The molecule has 6 nitrogen and oxygen atoms in total. The summed E-state index contributed by atoms with van der Waals surface area (Å²) in [6.45, 7) is 0.735. The van der Waals surface area contributed by atoms with Gasteiger partial charge in [0, 0.05) is 31.9 Å². The lowest BCUT2D eigenvalue weighted by Gasteiger charge is -2.24. The van der Waals surface area contributed by atoms with Gasteiger partial charge in [0.05, 0.1) is 0 Å². The summed E-state index contributed by atoms with van der Waals surface area (Å²) in [5, 5.41) is 0. The van der Waals surface area contributed by atoms with Crippen molar-refractivity contribution < 1.29 is 26.3 Å². The molecule has 0 saturated heterocycles. The topological polar surface area (TPSA) is 73.2 Å². The van der Waals surface area contributed by atoms with Gasteiger partial charge >= 0.3 is 6.36 Å².